The van der Waals surface area contributed by atoms with Crippen molar-refractivity contribution in [3.63, 3.8) is 0 Å². The van der Waals surface area contributed by atoms with Gasteiger partial charge >= 0.3 is 0 Å². The van der Waals surface area contributed by atoms with Crippen LogP contribution in [0, 0.1) is 6.92 Å². The van der Waals surface area contributed by atoms with Crippen LogP contribution in [0.1, 0.15) is 11.1 Å². The highest BCUT2D eigenvalue weighted by Gasteiger charge is 2.07. The molecule has 1 N–H and O–H groups in total. The number of benzene rings is 1. The summed E-state index contributed by atoms with van der Waals surface area (Å²) in [7, 11) is 0. The maximum Gasteiger partial charge on any atom is 0.240 e. The quantitative estimate of drug-likeness (QED) is 0.802. The second kappa shape index (κ2) is 6.44. The van der Waals surface area contributed by atoms with E-state index in [9.17, 15) is 9.59 Å². The molecule has 5 heteroatoms. The predicted molar refractivity (Wildman–Crippen MR) is 89.0 cm³/mol. The van der Waals surface area contributed by atoms with E-state index in [-0.39, 0.29) is 17.9 Å². The van der Waals surface area contributed by atoms with Crippen molar-refractivity contribution in [2.24, 2.45) is 0 Å². The van der Waals surface area contributed by atoms with Gasteiger partial charge in [0.15, 0.2) is 5.43 Å². The third kappa shape index (κ3) is 3.45. The van der Waals surface area contributed by atoms with Crippen molar-refractivity contribution in [2.75, 3.05) is 0 Å². The monoisotopic (exact) mass is 307 g/mol. The van der Waals surface area contributed by atoms with Crippen molar-refractivity contribution >= 4 is 16.8 Å². The fourth-order valence-corrected chi connectivity index (χ4v) is 2.48. The lowest BCUT2D eigenvalue weighted by atomic mass is 10.1. The number of hydrogen-bond donors (Lipinski definition) is 1. The summed E-state index contributed by atoms with van der Waals surface area (Å²) >= 11 is 0. The first-order valence-corrected chi connectivity index (χ1v) is 7.39. The summed E-state index contributed by atoms with van der Waals surface area (Å²) in [5.74, 6) is -0.104. The van der Waals surface area contributed by atoms with Crippen LogP contribution in [-0.4, -0.2) is 15.5 Å². The Morgan fingerprint density at radius 3 is 2.74 bits per heavy atom. The lowest BCUT2D eigenvalue weighted by Crippen LogP contribution is -2.27. The second-order valence-corrected chi connectivity index (χ2v) is 5.46. The molecule has 5 nitrogen and oxygen atoms in total. The SMILES string of the molecule is Cc1ccc2c(c1)c(=O)ccn2CC(=O)NCc1ccncc1. The third-order valence-corrected chi connectivity index (χ3v) is 3.69. The Kier molecular flexibility index (Phi) is 4.19. The van der Waals surface area contributed by atoms with E-state index in [1.54, 1.807) is 23.2 Å². The van der Waals surface area contributed by atoms with E-state index in [0.29, 0.717) is 11.9 Å². The molecular weight excluding hydrogens is 290 g/mol. The van der Waals surface area contributed by atoms with Crippen LogP contribution in [0.5, 0.6) is 0 Å². The van der Waals surface area contributed by atoms with Gasteiger partial charge in [0.05, 0.1) is 5.52 Å². The summed E-state index contributed by atoms with van der Waals surface area (Å²) in [6.45, 7) is 2.57. The molecule has 116 valence electrons. The molecule has 2 aromatic heterocycles. The molecule has 0 aliphatic heterocycles. The standard InChI is InChI=1S/C18H17N3O2/c1-13-2-3-16-15(10-13)17(22)6-9-21(16)12-18(23)20-11-14-4-7-19-8-5-14/h2-10H,11-12H2,1H3,(H,20,23). The van der Waals surface area contributed by atoms with Crippen molar-refractivity contribution in [2.45, 2.75) is 20.0 Å². The van der Waals surface area contributed by atoms with E-state index >= 15 is 0 Å². The fourth-order valence-electron chi connectivity index (χ4n) is 2.48. The van der Waals surface area contributed by atoms with Crippen LogP contribution in [0.3, 0.4) is 0 Å². The first-order chi connectivity index (χ1) is 11.1. The van der Waals surface area contributed by atoms with Crippen molar-refractivity contribution in [3.8, 4) is 0 Å². The summed E-state index contributed by atoms with van der Waals surface area (Å²) in [5.41, 5.74) is 2.75. The lowest BCUT2D eigenvalue weighted by Gasteiger charge is -2.11. The maximum atomic E-state index is 12.2. The van der Waals surface area contributed by atoms with Crippen LogP contribution in [0.2, 0.25) is 0 Å². The van der Waals surface area contributed by atoms with Gasteiger partial charge in [-0.25, -0.2) is 0 Å². The number of fused-ring (bicyclic) bond motifs is 1. The van der Waals surface area contributed by atoms with Gasteiger partial charge in [0.2, 0.25) is 5.91 Å². The number of carbonyl (C=O) groups is 1. The minimum atomic E-state index is -0.104. The summed E-state index contributed by atoms with van der Waals surface area (Å²) in [6, 6.07) is 10.9. The predicted octanol–water partition coefficient (Wildman–Crippen LogP) is 2.02. The van der Waals surface area contributed by atoms with Gasteiger partial charge in [-0.2, -0.15) is 0 Å². The molecule has 0 bridgehead atoms. The molecule has 2 heterocycles. The van der Waals surface area contributed by atoms with Crippen molar-refractivity contribution < 1.29 is 4.79 Å². The molecule has 0 aliphatic rings. The van der Waals surface area contributed by atoms with Gasteiger partial charge in [-0.05, 0) is 36.8 Å². The fraction of sp³-hybridized carbons (Fsp3) is 0.167. The van der Waals surface area contributed by atoms with Crippen molar-refractivity contribution in [1.29, 1.82) is 0 Å². The van der Waals surface area contributed by atoms with Crippen LogP contribution in [0.4, 0.5) is 0 Å². The molecule has 23 heavy (non-hydrogen) atoms. The summed E-state index contributed by atoms with van der Waals surface area (Å²) in [6.07, 6.45) is 5.05. The second-order valence-electron chi connectivity index (χ2n) is 5.46. The summed E-state index contributed by atoms with van der Waals surface area (Å²) < 4.78 is 1.79. The van der Waals surface area contributed by atoms with E-state index in [1.165, 1.54) is 6.07 Å². The normalized spacial score (nSPS) is 10.7. The zero-order chi connectivity index (χ0) is 16.2. The number of aryl methyl sites for hydroxylation is 1. The van der Waals surface area contributed by atoms with Gasteiger partial charge in [0, 0.05) is 36.6 Å². The molecule has 3 aromatic rings. The Hall–Kier alpha value is -2.95. The van der Waals surface area contributed by atoms with Crippen LogP contribution >= 0.6 is 0 Å². The lowest BCUT2D eigenvalue weighted by molar-refractivity contribution is -0.121. The van der Waals surface area contributed by atoms with Crippen molar-refractivity contribution in [1.82, 2.24) is 14.9 Å². The van der Waals surface area contributed by atoms with Gasteiger partial charge < -0.3 is 9.88 Å². The molecular formula is C18H17N3O2. The number of pyridine rings is 2. The van der Waals surface area contributed by atoms with E-state index in [0.717, 1.165) is 16.6 Å². The first-order valence-electron chi connectivity index (χ1n) is 7.39. The Morgan fingerprint density at radius 2 is 1.96 bits per heavy atom. The van der Waals surface area contributed by atoms with Gasteiger partial charge in [0.25, 0.3) is 0 Å². The molecule has 0 fully saturated rings. The minimum absolute atomic E-state index is 0.0304. The molecule has 1 amide bonds. The highest BCUT2D eigenvalue weighted by Crippen LogP contribution is 2.12. The molecule has 0 unspecified atom stereocenters. The topological polar surface area (TPSA) is 64.0 Å². The number of aromatic nitrogens is 2. The first kappa shape index (κ1) is 15.0. The number of rotatable bonds is 4. The molecule has 3 rings (SSSR count). The molecule has 0 saturated heterocycles. The molecule has 0 saturated carbocycles. The van der Waals surface area contributed by atoms with E-state index in [4.69, 9.17) is 0 Å². The highest BCUT2D eigenvalue weighted by atomic mass is 16.2. The largest absolute Gasteiger partial charge is 0.350 e. The Balaban J connectivity index is 1.77. The number of carbonyl (C=O) groups excluding carboxylic acids is 1. The molecule has 0 aliphatic carbocycles. The zero-order valence-corrected chi connectivity index (χ0v) is 12.8. The van der Waals surface area contributed by atoms with Gasteiger partial charge in [-0.3, -0.25) is 14.6 Å². The number of hydrogen-bond acceptors (Lipinski definition) is 3. The third-order valence-electron chi connectivity index (χ3n) is 3.69. The summed E-state index contributed by atoms with van der Waals surface area (Å²) in [5, 5.41) is 3.51. The Morgan fingerprint density at radius 1 is 1.17 bits per heavy atom. The van der Waals surface area contributed by atoms with Crippen LogP contribution in [0.25, 0.3) is 10.9 Å². The average Bonchev–Trinajstić information content (AvgIpc) is 2.57. The maximum absolute atomic E-state index is 12.2. The summed E-state index contributed by atoms with van der Waals surface area (Å²) in [4.78, 5) is 28.1. The minimum Gasteiger partial charge on any atom is -0.350 e. The highest BCUT2D eigenvalue weighted by molar-refractivity contribution is 5.82. The van der Waals surface area contributed by atoms with Crippen LogP contribution < -0.4 is 10.7 Å². The number of nitrogens with zero attached hydrogens (tertiary/aromatic N) is 2. The number of nitrogens with one attached hydrogen (secondary N) is 1. The van der Waals surface area contributed by atoms with Crippen molar-refractivity contribution in [3.05, 3.63) is 76.3 Å². The molecule has 0 spiro atoms. The van der Waals surface area contributed by atoms with Gasteiger partial charge in [0.1, 0.15) is 6.54 Å². The Labute approximate surface area is 133 Å². The molecule has 0 radical (unpaired) electrons. The number of amides is 1. The average molecular weight is 307 g/mol. The van der Waals surface area contributed by atoms with Crippen LogP contribution in [0.15, 0.2) is 59.8 Å². The van der Waals surface area contributed by atoms with Gasteiger partial charge in [-0.15, -0.1) is 0 Å². The van der Waals surface area contributed by atoms with E-state index < -0.39 is 0 Å². The van der Waals surface area contributed by atoms with E-state index in [1.807, 2.05) is 37.3 Å². The Bertz CT molecular complexity index is 901. The smallest absolute Gasteiger partial charge is 0.240 e. The van der Waals surface area contributed by atoms with Crippen LogP contribution in [-0.2, 0) is 17.9 Å². The van der Waals surface area contributed by atoms with Gasteiger partial charge in [-0.1, -0.05) is 11.6 Å². The van der Waals surface area contributed by atoms with E-state index in [2.05, 4.69) is 10.3 Å². The molecule has 1 aromatic carbocycles. The zero-order valence-electron chi connectivity index (χ0n) is 12.8. The molecule has 0 atom stereocenters.